The SMILES string of the molecule is CC(C)C(=O)Nc1nc(CC(=O)NCC2CN(C)CCO2)cs1. The number of amides is 2. The van der Waals surface area contributed by atoms with Crippen LogP contribution >= 0.6 is 11.3 Å². The smallest absolute Gasteiger partial charge is 0.228 e. The summed E-state index contributed by atoms with van der Waals surface area (Å²) in [7, 11) is 2.04. The van der Waals surface area contributed by atoms with Crippen molar-refractivity contribution in [1.29, 1.82) is 0 Å². The van der Waals surface area contributed by atoms with E-state index in [1.54, 1.807) is 5.38 Å². The number of thiazole rings is 1. The van der Waals surface area contributed by atoms with E-state index < -0.39 is 0 Å². The first kappa shape index (κ1) is 17.8. The van der Waals surface area contributed by atoms with Gasteiger partial charge in [0.05, 0.1) is 24.8 Å². The second-order valence-electron chi connectivity index (χ2n) is 6.02. The zero-order chi connectivity index (χ0) is 16.8. The minimum atomic E-state index is -0.0979. The molecule has 8 heteroatoms. The van der Waals surface area contributed by atoms with E-state index in [1.165, 1.54) is 11.3 Å². The molecule has 1 saturated heterocycles. The monoisotopic (exact) mass is 340 g/mol. The molecule has 0 aromatic carbocycles. The van der Waals surface area contributed by atoms with Gasteiger partial charge in [-0.3, -0.25) is 9.59 Å². The molecular formula is C15H24N4O3S. The summed E-state index contributed by atoms with van der Waals surface area (Å²) in [5.41, 5.74) is 0.660. The number of morpholine rings is 1. The predicted molar refractivity (Wildman–Crippen MR) is 89.5 cm³/mol. The van der Waals surface area contributed by atoms with Crippen LogP contribution in [0.25, 0.3) is 0 Å². The summed E-state index contributed by atoms with van der Waals surface area (Å²) in [5, 5.41) is 7.93. The summed E-state index contributed by atoms with van der Waals surface area (Å²) in [6, 6.07) is 0. The highest BCUT2D eigenvalue weighted by Gasteiger charge is 2.18. The van der Waals surface area contributed by atoms with Crippen molar-refractivity contribution in [2.75, 3.05) is 38.6 Å². The molecule has 1 aliphatic rings. The van der Waals surface area contributed by atoms with Gasteiger partial charge in [-0.15, -0.1) is 11.3 Å². The summed E-state index contributed by atoms with van der Waals surface area (Å²) in [5.74, 6) is -0.262. The molecule has 128 valence electrons. The summed E-state index contributed by atoms with van der Waals surface area (Å²) in [6.45, 7) is 6.59. The lowest BCUT2D eigenvalue weighted by Gasteiger charge is -2.30. The van der Waals surface area contributed by atoms with E-state index in [0.717, 1.165) is 13.1 Å². The number of likely N-dealkylation sites (N-methyl/N-ethyl adjacent to an activating group) is 1. The Hall–Kier alpha value is -1.51. The number of nitrogens with zero attached hydrogens (tertiary/aromatic N) is 2. The molecule has 0 aliphatic carbocycles. The Morgan fingerprint density at radius 3 is 3.00 bits per heavy atom. The summed E-state index contributed by atoms with van der Waals surface area (Å²) >= 11 is 1.33. The normalized spacial score (nSPS) is 18.9. The Kier molecular flexibility index (Phi) is 6.49. The van der Waals surface area contributed by atoms with Crippen LogP contribution in [-0.4, -0.2) is 61.1 Å². The minimum Gasteiger partial charge on any atom is -0.374 e. The van der Waals surface area contributed by atoms with Gasteiger partial charge in [0.25, 0.3) is 0 Å². The molecule has 0 saturated carbocycles. The lowest BCUT2D eigenvalue weighted by molar-refractivity contribution is -0.121. The molecule has 7 nitrogen and oxygen atoms in total. The van der Waals surface area contributed by atoms with Gasteiger partial charge in [0.15, 0.2) is 5.13 Å². The van der Waals surface area contributed by atoms with E-state index >= 15 is 0 Å². The molecule has 1 aromatic rings. The van der Waals surface area contributed by atoms with Crippen molar-refractivity contribution >= 4 is 28.3 Å². The van der Waals surface area contributed by atoms with Crippen LogP contribution in [0.5, 0.6) is 0 Å². The van der Waals surface area contributed by atoms with Gasteiger partial charge in [-0.2, -0.15) is 0 Å². The molecule has 1 aromatic heterocycles. The minimum absolute atomic E-state index is 0.0361. The van der Waals surface area contributed by atoms with Crippen LogP contribution in [-0.2, 0) is 20.7 Å². The van der Waals surface area contributed by atoms with Gasteiger partial charge in [0.1, 0.15) is 0 Å². The largest absolute Gasteiger partial charge is 0.374 e. The van der Waals surface area contributed by atoms with E-state index in [9.17, 15) is 9.59 Å². The van der Waals surface area contributed by atoms with E-state index in [4.69, 9.17) is 4.74 Å². The molecule has 1 atom stereocenters. The molecule has 1 fully saturated rings. The Labute approximate surface area is 140 Å². The van der Waals surface area contributed by atoms with Crippen molar-refractivity contribution < 1.29 is 14.3 Å². The van der Waals surface area contributed by atoms with Gasteiger partial charge < -0.3 is 20.3 Å². The third-order valence-electron chi connectivity index (χ3n) is 3.52. The molecule has 0 radical (unpaired) electrons. The zero-order valence-electron chi connectivity index (χ0n) is 13.8. The number of nitrogens with one attached hydrogen (secondary N) is 2. The van der Waals surface area contributed by atoms with Crippen molar-refractivity contribution in [3.8, 4) is 0 Å². The van der Waals surface area contributed by atoms with E-state index in [0.29, 0.717) is 24.0 Å². The van der Waals surface area contributed by atoms with E-state index in [-0.39, 0.29) is 30.3 Å². The second-order valence-corrected chi connectivity index (χ2v) is 6.88. The van der Waals surface area contributed by atoms with Crippen LogP contribution in [0.2, 0.25) is 0 Å². The van der Waals surface area contributed by atoms with Gasteiger partial charge in [-0.05, 0) is 7.05 Å². The quantitative estimate of drug-likeness (QED) is 0.797. The maximum atomic E-state index is 12.0. The number of hydrogen-bond donors (Lipinski definition) is 2. The first-order chi connectivity index (χ1) is 10.9. The van der Waals surface area contributed by atoms with Crippen molar-refractivity contribution in [3.63, 3.8) is 0 Å². The van der Waals surface area contributed by atoms with E-state index in [1.807, 2.05) is 20.9 Å². The second kappa shape index (κ2) is 8.37. The lowest BCUT2D eigenvalue weighted by Crippen LogP contribution is -2.46. The average molecular weight is 340 g/mol. The summed E-state index contributed by atoms with van der Waals surface area (Å²) < 4.78 is 5.60. The average Bonchev–Trinajstić information content (AvgIpc) is 2.92. The van der Waals surface area contributed by atoms with Gasteiger partial charge in [-0.25, -0.2) is 4.98 Å². The molecular weight excluding hydrogens is 316 g/mol. The van der Waals surface area contributed by atoms with Crippen LogP contribution in [0.15, 0.2) is 5.38 Å². The number of aromatic nitrogens is 1. The van der Waals surface area contributed by atoms with Crippen molar-refractivity contribution in [2.24, 2.45) is 5.92 Å². The number of anilines is 1. The number of carbonyl (C=O) groups excluding carboxylic acids is 2. The van der Waals surface area contributed by atoms with Crippen LogP contribution < -0.4 is 10.6 Å². The summed E-state index contributed by atoms with van der Waals surface area (Å²) in [6.07, 6.45) is 0.241. The molecule has 1 aliphatic heterocycles. The lowest BCUT2D eigenvalue weighted by atomic mass is 10.2. The highest BCUT2D eigenvalue weighted by molar-refractivity contribution is 7.13. The third kappa shape index (κ3) is 5.89. The molecule has 1 unspecified atom stereocenters. The van der Waals surface area contributed by atoms with Crippen LogP contribution in [0.4, 0.5) is 5.13 Å². The fraction of sp³-hybridized carbons (Fsp3) is 0.667. The Bertz CT molecular complexity index is 547. The van der Waals surface area contributed by atoms with Crippen LogP contribution in [0.1, 0.15) is 19.5 Å². The number of carbonyl (C=O) groups is 2. The number of hydrogen-bond acceptors (Lipinski definition) is 6. The van der Waals surface area contributed by atoms with Crippen molar-refractivity contribution in [3.05, 3.63) is 11.1 Å². The molecule has 0 spiro atoms. The van der Waals surface area contributed by atoms with Gasteiger partial charge in [0, 0.05) is 30.9 Å². The first-order valence-electron chi connectivity index (χ1n) is 7.76. The first-order valence-corrected chi connectivity index (χ1v) is 8.64. The van der Waals surface area contributed by atoms with Crippen LogP contribution in [0.3, 0.4) is 0 Å². The predicted octanol–water partition coefficient (Wildman–Crippen LogP) is 0.727. The maximum Gasteiger partial charge on any atom is 0.228 e. The number of ether oxygens (including phenoxy) is 1. The molecule has 23 heavy (non-hydrogen) atoms. The standard InChI is InChI=1S/C15H24N4O3S/c1-10(2)14(21)18-15-17-11(9-23-15)6-13(20)16-7-12-8-19(3)4-5-22-12/h9-10,12H,4-8H2,1-3H3,(H,16,20)(H,17,18,21). The molecule has 2 amide bonds. The third-order valence-corrected chi connectivity index (χ3v) is 4.32. The topological polar surface area (TPSA) is 83.6 Å². The Morgan fingerprint density at radius 2 is 2.30 bits per heavy atom. The highest BCUT2D eigenvalue weighted by atomic mass is 32.1. The Morgan fingerprint density at radius 1 is 1.52 bits per heavy atom. The molecule has 2 heterocycles. The fourth-order valence-corrected chi connectivity index (χ4v) is 2.85. The molecule has 2 N–H and O–H groups in total. The van der Waals surface area contributed by atoms with Crippen molar-refractivity contribution in [2.45, 2.75) is 26.4 Å². The Balaban J connectivity index is 1.75. The van der Waals surface area contributed by atoms with Gasteiger partial charge >= 0.3 is 0 Å². The fourth-order valence-electron chi connectivity index (χ4n) is 2.14. The molecule has 2 rings (SSSR count). The van der Waals surface area contributed by atoms with Gasteiger partial charge in [-0.1, -0.05) is 13.8 Å². The number of rotatable bonds is 6. The van der Waals surface area contributed by atoms with Crippen molar-refractivity contribution in [1.82, 2.24) is 15.2 Å². The van der Waals surface area contributed by atoms with E-state index in [2.05, 4.69) is 20.5 Å². The van der Waals surface area contributed by atoms with Gasteiger partial charge in [0.2, 0.25) is 11.8 Å². The highest BCUT2D eigenvalue weighted by Crippen LogP contribution is 2.16. The van der Waals surface area contributed by atoms with Crippen LogP contribution in [0, 0.1) is 5.92 Å². The summed E-state index contributed by atoms with van der Waals surface area (Å²) in [4.78, 5) is 30.0. The maximum absolute atomic E-state index is 12.0. The molecule has 0 bridgehead atoms. The zero-order valence-corrected chi connectivity index (χ0v) is 14.6.